The number of benzene rings is 1. The molecule has 0 bridgehead atoms. The average molecular weight is 280 g/mol. The monoisotopic (exact) mass is 280 g/mol. The Balaban J connectivity index is 1.72. The van der Waals surface area contributed by atoms with E-state index in [1.165, 1.54) is 44.2 Å². The number of halogens is 2. The van der Waals surface area contributed by atoms with Crippen LogP contribution in [-0.4, -0.2) is 18.6 Å². The van der Waals surface area contributed by atoms with Crippen molar-refractivity contribution in [3.05, 3.63) is 29.8 Å². The molecule has 3 unspecified atom stereocenters. The summed E-state index contributed by atoms with van der Waals surface area (Å²) in [4.78, 5) is 0. The van der Waals surface area contributed by atoms with E-state index < -0.39 is 11.6 Å². The van der Waals surface area contributed by atoms with Crippen molar-refractivity contribution in [2.24, 2.45) is 5.92 Å². The van der Waals surface area contributed by atoms with Gasteiger partial charge in [0.1, 0.15) is 11.6 Å². The summed E-state index contributed by atoms with van der Waals surface area (Å²) in [7, 11) is 0. The minimum atomic E-state index is -0.522. The van der Waals surface area contributed by atoms with Gasteiger partial charge >= 0.3 is 0 Å². The van der Waals surface area contributed by atoms with E-state index >= 15 is 0 Å². The first kappa shape index (κ1) is 13.8. The van der Waals surface area contributed by atoms with Crippen LogP contribution in [0.2, 0.25) is 0 Å². The van der Waals surface area contributed by atoms with Crippen LogP contribution in [0.15, 0.2) is 18.2 Å². The summed E-state index contributed by atoms with van der Waals surface area (Å²) in [5.74, 6) is -0.463. The number of hydrogen-bond donors (Lipinski definition) is 2. The van der Waals surface area contributed by atoms with Crippen LogP contribution in [0.1, 0.15) is 38.5 Å². The molecular formula is C16H22F2N2. The second-order valence-electron chi connectivity index (χ2n) is 6.03. The molecule has 1 aromatic rings. The molecule has 1 aliphatic heterocycles. The normalized spacial score (nSPS) is 30.4. The molecule has 20 heavy (non-hydrogen) atoms. The molecule has 1 aromatic carbocycles. The predicted molar refractivity (Wildman–Crippen MR) is 76.8 cm³/mol. The maximum Gasteiger partial charge on any atom is 0.149 e. The van der Waals surface area contributed by atoms with Crippen molar-refractivity contribution < 1.29 is 8.78 Å². The lowest BCUT2D eigenvalue weighted by atomic mass is 9.79. The number of nitrogens with one attached hydrogen (secondary N) is 2. The molecular weight excluding hydrogens is 258 g/mol. The maximum absolute atomic E-state index is 13.8. The molecule has 2 nitrogen and oxygen atoms in total. The molecule has 0 amide bonds. The minimum absolute atomic E-state index is 0.291. The van der Waals surface area contributed by atoms with Crippen molar-refractivity contribution in [2.45, 2.75) is 50.6 Å². The van der Waals surface area contributed by atoms with E-state index in [1.807, 2.05) is 0 Å². The molecule has 2 N–H and O–H groups in total. The van der Waals surface area contributed by atoms with Gasteiger partial charge in [0.2, 0.25) is 0 Å². The summed E-state index contributed by atoms with van der Waals surface area (Å²) >= 11 is 0. The second-order valence-corrected chi connectivity index (χ2v) is 6.03. The van der Waals surface area contributed by atoms with E-state index in [4.69, 9.17) is 0 Å². The molecule has 3 rings (SSSR count). The van der Waals surface area contributed by atoms with Crippen molar-refractivity contribution >= 4 is 5.69 Å². The van der Waals surface area contributed by atoms with Crippen molar-refractivity contribution in [2.75, 3.05) is 11.9 Å². The molecule has 110 valence electrons. The predicted octanol–water partition coefficient (Wildman–Crippen LogP) is 3.69. The van der Waals surface area contributed by atoms with Crippen LogP contribution in [0.25, 0.3) is 0 Å². The summed E-state index contributed by atoms with van der Waals surface area (Å²) in [6, 6.07) is 4.62. The fourth-order valence-electron chi connectivity index (χ4n) is 3.70. The summed E-state index contributed by atoms with van der Waals surface area (Å²) in [5.41, 5.74) is 0.432. The van der Waals surface area contributed by atoms with E-state index in [2.05, 4.69) is 10.6 Å². The molecule has 2 fully saturated rings. The van der Waals surface area contributed by atoms with Gasteiger partial charge in [-0.2, -0.15) is 0 Å². The van der Waals surface area contributed by atoms with Crippen molar-refractivity contribution in [3.8, 4) is 0 Å². The summed E-state index contributed by atoms with van der Waals surface area (Å²) in [6.45, 7) is 1.10. The lowest BCUT2D eigenvalue weighted by Crippen LogP contribution is -2.43. The van der Waals surface area contributed by atoms with E-state index in [0.717, 1.165) is 19.0 Å². The van der Waals surface area contributed by atoms with E-state index in [1.54, 1.807) is 0 Å². The average Bonchev–Trinajstić information content (AvgIpc) is 2.96. The third-order valence-electron chi connectivity index (χ3n) is 4.71. The Morgan fingerprint density at radius 1 is 1.05 bits per heavy atom. The largest absolute Gasteiger partial charge is 0.380 e. The molecule has 1 saturated carbocycles. The van der Waals surface area contributed by atoms with E-state index in [0.29, 0.717) is 23.7 Å². The van der Waals surface area contributed by atoms with E-state index in [9.17, 15) is 8.78 Å². The Labute approximate surface area is 118 Å². The first-order valence-corrected chi connectivity index (χ1v) is 7.69. The highest BCUT2D eigenvalue weighted by atomic mass is 19.1. The summed E-state index contributed by atoms with van der Waals surface area (Å²) < 4.78 is 26.8. The van der Waals surface area contributed by atoms with Gasteiger partial charge in [-0.15, -0.1) is 0 Å². The van der Waals surface area contributed by atoms with Gasteiger partial charge in [-0.05, 0) is 50.3 Å². The second kappa shape index (κ2) is 6.08. The molecule has 0 spiro atoms. The minimum Gasteiger partial charge on any atom is -0.380 e. The van der Waals surface area contributed by atoms with Crippen LogP contribution in [0.4, 0.5) is 14.5 Å². The Hall–Kier alpha value is -1.16. The molecule has 3 atom stereocenters. The van der Waals surface area contributed by atoms with Crippen molar-refractivity contribution in [3.63, 3.8) is 0 Å². The van der Waals surface area contributed by atoms with Gasteiger partial charge in [0.25, 0.3) is 0 Å². The quantitative estimate of drug-likeness (QED) is 0.882. The molecule has 1 aliphatic carbocycles. The zero-order valence-corrected chi connectivity index (χ0v) is 11.7. The fourth-order valence-corrected chi connectivity index (χ4v) is 3.70. The van der Waals surface area contributed by atoms with Crippen LogP contribution in [-0.2, 0) is 0 Å². The Bertz CT molecular complexity index is 458. The molecule has 1 saturated heterocycles. The summed E-state index contributed by atoms with van der Waals surface area (Å²) in [5, 5.41) is 6.89. The van der Waals surface area contributed by atoms with Crippen LogP contribution >= 0.6 is 0 Å². The van der Waals surface area contributed by atoms with Gasteiger partial charge in [-0.1, -0.05) is 12.8 Å². The van der Waals surface area contributed by atoms with Crippen LogP contribution in [0.3, 0.4) is 0 Å². The summed E-state index contributed by atoms with van der Waals surface area (Å²) in [6.07, 6.45) is 7.15. The van der Waals surface area contributed by atoms with Gasteiger partial charge in [0.15, 0.2) is 0 Å². The van der Waals surface area contributed by atoms with Crippen LogP contribution < -0.4 is 10.6 Å². The Morgan fingerprint density at radius 3 is 2.65 bits per heavy atom. The molecule has 4 heteroatoms. The zero-order valence-electron chi connectivity index (χ0n) is 11.7. The molecule has 2 aliphatic rings. The third-order valence-corrected chi connectivity index (χ3v) is 4.71. The molecule has 0 aromatic heterocycles. The topological polar surface area (TPSA) is 24.1 Å². The van der Waals surface area contributed by atoms with Crippen molar-refractivity contribution in [1.82, 2.24) is 5.32 Å². The Morgan fingerprint density at radius 2 is 1.90 bits per heavy atom. The lowest BCUT2D eigenvalue weighted by molar-refractivity contribution is 0.262. The molecule has 0 radical (unpaired) electrons. The fraction of sp³-hybridized carbons (Fsp3) is 0.625. The van der Waals surface area contributed by atoms with Crippen molar-refractivity contribution in [1.29, 1.82) is 0 Å². The van der Waals surface area contributed by atoms with E-state index in [-0.39, 0.29) is 0 Å². The van der Waals surface area contributed by atoms with Crippen LogP contribution in [0, 0.1) is 17.6 Å². The first-order valence-electron chi connectivity index (χ1n) is 7.69. The SMILES string of the molecule is Fc1ccc(NC2CCCCC2C2CCCN2)c(F)c1. The highest BCUT2D eigenvalue weighted by Crippen LogP contribution is 2.33. The number of anilines is 1. The maximum atomic E-state index is 13.8. The van der Waals surface area contributed by atoms with Gasteiger partial charge in [0.05, 0.1) is 5.69 Å². The smallest absolute Gasteiger partial charge is 0.149 e. The van der Waals surface area contributed by atoms with Gasteiger partial charge in [-0.25, -0.2) is 8.78 Å². The number of hydrogen-bond acceptors (Lipinski definition) is 2. The van der Waals surface area contributed by atoms with Gasteiger partial charge < -0.3 is 10.6 Å². The highest BCUT2D eigenvalue weighted by molar-refractivity contribution is 5.45. The number of rotatable bonds is 3. The highest BCUT2D eigenvalue weighted by Gasteiger charge is 2.33. The molecule has 1 heterocycles. The standard InChI is InChI=1S/C16H22F2N2/c17-11-7-8-16(13(18)10-11)20-15-5-2-1-4-12(15)14-6-3-9-19-14/h7-8,10,12,14-15,19-20H,1-6,9H2. The first-order chi connectivity index (χ1) is 9.74. The zero-order chi connectivity index (χ0) is 13.9. The Kier molecular flexibility index (Phi) is 4.20. The van der Waals surface area contributed by atoms with Gasteiger partial charge in [-0.3, -0.25) is 0 Å². The lowest BCUT2D eigenvalue weighted by Gasteiger charge is -2.36. The third kappa shape index (κ3) is 2.95. The van der Waals surface area contributed by atoms with Gasteiger partial charge in [0, 0.05) is 18.2 Å². The van der Waals surface area contributed by atoms with Crippen LogP contribution in [0.5, 0.6) is 0 Å².